The molecule has 5 nitrogen and oxygen atoms in total. The van der Waals surface area contributed by atoms with Gasteiger partial charge in [-0.2, -0.15) is 0 Å². The summed E-state index contributed by atoms with van der Waals surface area (Å²) in [7, 11) is 0. The Labute approximate surface area is 162 Å². The Kier molecular flexibility index (Phi) is 17.1. The molecule has 2 atom stereocenters. The van der Waals surface area contributed by atoms with Gasteiger partial charge in [-0.15, -0.1) is 0 Å². The van der Waals surface area contributed by atoms with Gasteiger partial charge in [0.15, 0.2) is 6.10 Å². The van der Waals surface area contributed by atoms with Crippen LogP contribution in [0.4, 0.5) is 0 Å². The molecule has 0 amide bonds. The van der Waals surface area contributed by atoms with Gasteiger partial charge in [-0.3, -0.25) is 0 Å². The molecule has 27 heavy (non-hydrogen) atoms. The molecule has 0 aromatic carbocycles. The Morgan fingerprint density at radius 3 is 1.89 bits per heavy atom. The number of unbranched alkanes of at least 4 members (excludes halogenated alkanes) is 1. The van der Waals surface area contributed by atoms with Crippen LogP contribution in [0, 0.1) is 0 Å². The van der Waals surface area contributed by atoms with Crippen molar-refractivity contribution in [3.8, 4) is 0 Å². The maximum Gasteiger partial charge on any atom is 0.335 e. The molecule has 150 valence electrons. The SMILES string of the molecule is O=C(O)C(O)C(O)CCC=CC=CC=CCC=CC=CCCC=CCCO. The number of carboxylic acid groups (broad SMARTS) is 1. The number of carbonyl (C=O) groups is 1. The van der Waals surface area contributed by atoms with Crippen molar-refractivity contribution < 1.29 is 25.2 Å². The van der Waals surface area contributed by atoms with E-state index in [-0.39, 0.29) is 13.0 Å². The lowest BCUT2D eigenvalue weighted by atomic mass is 10.1. The molecular weight excluding hydrogens is 344 g/mol. The van der Waals surface area contributed by atoms with E-state index in [1.54, 1.807) is 0 Å². The summed E-state index contributed by atoms with van der Waals surface area (Å²) in [6.45, 7) is 0.206. The summed E-state index contributed by atoms with van der Waals surface area (Å²) >= 11 is 0. The van der Waals surface area contributed by atoms with Crippen molar-refractivity contribution in [2.45, 2.75) is 50.7 Å². The van der Waals surface area contributed by atoms with E-state index in [4.69, 9.17) is 15.3 Å². The van der Waals surface area contributed by atoms with Gasteiger partial charge in [-0.25, -0.2) is 4.79 Å². The Balaban J connectivity index is 3.73. The molecule has 0 aromatic rings. The summed E-state index contributed by atoms with van der Waals surface area (Å²) in [5, 5.41) is 35.7. The van der Waals surface area contributed by atoms with Gasteiger partial charge >= 0.3 is 5.97 Å². The van der Waals surface area contributed by atoms with E-state index >= 15 is 0 Å². The van der Waals surface area contributed by atoms with Crippen LogP contribution in [0.5, 0.6) is 0 Å². The number of hydrogen-bond acceptors (Lipinski definition) is 4. The largest absolute Gasteiger partial charge is 0.479 e. The number of aliphatic hydroxyl groups excluding tert-OH is 3. The molecule has 0 aliphatic heterocycles. The van der Waals surface area contributed by atoms with E-state index in [0.717, 1.165) is 25.7 Å². The van der Waals surface area contributed by atoms with Crippen LogP contribution in [-0.4, -0.2) is 45.2 Å². The first-order chi connectivity index (χ1) is 13.1. The molecule has 0 aromatic heterocycles. The van der Waals surface area contributed by atoms with Crippen LogP contribution in [0.2, 0.25) is 0 Å². The molecule has 2 unspecified atom stereocenters. The summed E-state index contributed by atoms with van der Waals surface area (Å²) in [5.74, 6) is -1.41. The third-order valence-corrected chi connectivity index (χ3v) is 3.47. The summed E-state index contributed by atoms with van der Waals surface area (Å²) in [4.78, 5) is 10.5. The highest BCUT2D eigenvalue weighted by Gasteiger charge is 2.22. The summed E-state index contributed by atoms with van der Waals surface area (Å²) in [5.41, 5.74) is 0. The zero-order valence-corrected chi connectivity index (χ0v) is 15.7. The maximum absolute atomic E-state index is 10.5. The molecule has 0 saturated carbocycles. The first-order valence-electron chi connectivity index (χ1n) is 9.24. The van der Waals surface area contributed by atoms with Crippen molar-refractivity contribution in [3.63, 3.8) is 0 Å². The van der Waals surface area contributed by atoms with E-state index in [2.05, 4.69) is 18.2 Å². The van der Waals surface area contributed by atoms with Crippen molar-refractivity contribution >= 4 is 5.97 Å². The Morgan fingerprint density at radius 2 is 1.22 bits per heavy atom. The number of aliphatic hydroxyl groups is 3. The van der Waals surface area contributed by atoms with E-state index < -0.39 is 18.2 Å². The zero-order valence-electron chi connectivity index (χ0n) is 15.7. The third-order valence-electron chi connectivity index (χ3n) is 3.47. The van der Waals surface area contributed by atoms with Crippen molar-refractivity contribution in [2.75, 3.05) is 6.61 Å². The lowest BCUT2D eigenvalue weighted by molar-refractivity contribution is -0.152. The van der Waals surface area contributed by atoms with Gasteiger partial charge < -0.3 is 20.4 Å². The van der Waals surface area contributed by atoms with E-state index in [1.807, 2.05) is 54.7 Å². The number of carboxylic acids is 1. The third kappa shape index (κ3) is 17.0. The number of rotatable bonds is 15. The van der Waals surface area contributed by atoms with Gasteiger partial charge in [-0.05, 0) is 38.5 Å². The van der Waals surface area contributed by atoms with Crippen LogP contribution in [-0.2, 0) is 4.79 Å². The first-order valence-corrected chi connectivity index (χ1v) is 9.24. The molecule has 0 aliphatic carbocycles. The van der Waals surface area contributed by atoms with Crippen LogP contribution in [0.15, 0.2) is 72.9 Å². The Hall–Kier alpha value is -2.21. The van der Waals surface area contributed by atoms with Gasteiger partial charge in [0.2, 0.25) is 0 Å². The molecule has 0 fully saturated rings. The molecular formula is C22H32O5. The molecule has 0 heterocycles. The van der Waals surface area contributed by atoms with Gasteiger partial charge in [0.05, 0.1) is 6.10 Å². The minimum Gasteiger partial charge on any atom is -0.479 e. The predicted octanol–water partition coefficient (Wildman–Crippen LogP) is 3.46. The van der Waals surface area contributed by atoms with Crippen LogP contribution >= 0.6 is 0 Å². The molecule has 0 aliphatic rings. The van der Waals surface area contributed by atoms with Gasteiger partial charge in [-0.1, -0.05) is 72.9 Å². The summed E-state index contributed by atoms with van der Waals surface area (Å²) in [6, 6.07) is 0. The monoisotopic (exact) mass is 376 g/mol. The van der Waals surface area contributed by atoms with Crippen LogP contribution < -0.4 is 0 Å². The maximum atomic E-state index is 10.5. The minimum absolute atomic E-state index is 0.199. The average Bonchev–Trinajstić information content (AvgIpc) is 2.66. The summed E-state index contributed by atoms with van der Waals surface area (Å²) in [6.07, 6.45) is 24.9. The minimum atomic E-state index is -1.73. The lowest BCUT2D eigenvalue weighted by Gasteiger charge is -2.11. The normalized spacial score (nSPS) is 15.4. The van der Waals surface area contributed by atoms with Gasteiger partial charge in [0.25, 0.3) is 0 Å². The highest BCUT2D eigenvalue weighted by atomic mass is 16.4. The zero-order chi connectivity index (χ0) is 20.2. The number of allylic oxidation sites excluding steroid dienone is 11. The Bertz CT molecular complexity index is 541. The second kappa shape index (κ2) is 18.6. The predicted molar refractivity (Wildman–Crippen MR) is 109 cm³/mol. The lowest BCUT2D eigenvalue weighted by Crippen LogP contribution is -2.33. The molecule has 4 N–H and O–H groups in total. The highest BCUT2D eigenvalue weighted by molar-refractivity contribution is 5.72. The fourth-order valence-electron chi connectivity index (χ4n) is 1.96. The quantitative estimate of drug-likeness (QED) is 0.199. The van der Waals surface area contributed by atoms with E-state index in [9.17, 15) is 9.90 Å². The van der Waals surface area contributed by atoms with Gasteiger partial charge in [0, 0.05) is 6.61 Å². The van der Waals surface area contributed by atoms with E-state index in [0.29, 0.717) is 6.42 Å². The molecule has 0 saturated heterocycles. The second-order valence-corrected chi connectivity index (χ2v) is 5.82. The first kappa shape index (κ1) is 24.8. The van der Waals surface area contributed by atoms with Crippen LogP contribution in [0.25, 0.3) is 0 Å². The van der Waals surface area contributed by atoms with Crippen LogP contribution in [0.3, 0.4) is 0 Å². The van der Waals surface area contributed by atoms with Crippen LogP contribution in [0.1, 0.15) is 38.5 Å². The molecule has 0 radical (unpaired) electrons. The molecule has 5 heteroatoms. The fraction of sp³-hybridized carbons (Fsp3) is 0.409. The van der Waals surface area contributed by atoms with Gasteiger partial charge in [0.1, 0.15) is 0 Å². The summed E-state index contributed by atoms with van der Waals surface area (Å²) < 4.78 is 0. The van der Waals surface area contributed by atoms with Crippen molar-refractivity contribution in [1.82, 2.24) is 0 Å². The molecule has 0 bridgehead atoms. The topological polar surface area (TPSA) is 98.0 Å². The highest BCUT2D eigenvalue weighted by Crippen LogP contribution is 2.04. The smallest absolute Gasteiger partial charge is 0.335 e. The van der Waals surface area contributed by atoms with Crippen molar-refractivity contribution in [1.29, 1.82) is 0 Å². The van der Waals surface area contributed by atoms with Crippen molar-refractivity contribution in [2.24, 2.45) is 0 Å². The van der Waals surface area contributed by atoms with Crippen molar-refractivity contribution in [3.05, 3.63) is 72.9 Å². The average molecular weight is 376 g/mol. The number of hydrogen-bond donors (Lipinski definition) is 4. The standard InChI is InChI=1S/C22H32O5/c23-19-17-15-13-11-9-7-5-3-1-2-4-6-8-10-12-14-16-18-20(24)21(25)22(26)27/h1,3-8,10,12-15,20-21,23-25H,2,9,11,16-19H2,(H,26,27). The Morgan fingerprint density at radius 1 is 0.704 bits per heavy atom. The fourth-order valence-corrected chi connectivity index (χ4v) is 1.96. The molecule has 0 spiro atoms. The second-order valence-electron chi connectivity index (χ2n) is 5.82. The van der Waals surface area contributed by atoms with E-state index in [1.165, 1.54) is 0 Å². The number of aliphatic carboxylic acids is 1. The molecule has 0 rings (SSSR count).